The lowest BCUT2D eigenvalue weighted by atomic mass is 9.49. The fourth-order valence-electron chi connectivity index (χ4n) is 8.01. The molecule has 4 fully saturated rings. The van der Waals surface area contributed by atoms with E-state index in [0.717, 1.165) is 49.9 Å². The normalized spacial score (nSPS) is 47.1. The molecule has 0 aromatic heterocycles. The van der Waals surface area contributed by atoms with E-state index in [1.807, 2.05) is 0 Å². The van der Waals surface area contributed by atoms with Crippen LogP contribution in [0.2, 0.25) is 0 Å². The Bertz CT molecular complexity index is 577. The molecule has 4 aliphatic carbocycles. The first-order valence-electron chi connectivity index (χ1n) is 11.1. The molecule has 0 bridgehead atoms. The van der Waals surface area contributed by atoms with E-state index in [1.54, 1.807) is 0 Å². The Hall–Kier alpha value is -0.480. The minimum atomic E-state index is -3.04. The van der Waals surface area contributed by atoms with Gasteiger partial charge in [-0.25, -0.2) is 8.78 Å². The van der Waals surface area contributed by atoms with Crippen molar-refractivity contribution < 1.29 is 19.0 Å². The smallest absolute Gasteiger partial charge is 0.274 e. The van der Waals surface area contributed by atoms with Crippen LogP contribution in [0.1, 0.15) is 71.1 Å². The number of rotatable bonds is 4. The third-order valence-corrected chi connectivity index (χ3v) is 9.14. The Morgan fingerprint density at radius 3 is 2.52 bits per heavy atom. The largest absolute Gasteiger partial charge is 0.393 e. The molecule has 8 atom stereocenters. The highest BCUT2D eigenvalue weighted by atomic mass is 19.3. The Morgan fingerprint density at radius 2 is 1.78 bits per heavy atom. The summed E-state index contributed by atoms with van der Waals surface area (Å²) >= 11 is 0. The number of halogens is 2. The lowest BCUT2D eigenvalue weighted by Crippen LogP contribution is -2.49. The van der Waals surface area contributed by atoms with Gasteiger partial charge >= 0.3 is 0 Å². The Labute approximate surface area is 162 Å². The summed E-state index contributed by atoms with van der Waals surface area (Å²) in [5, 5.41) is 19.0. The predicted molar refractivity (Wildman–Crippen MR) is 102 cm³/mol. The molecule has 2 nitrogen and oxygen atoms in total. The minimum absolute atomic E-state index is 0.0935. The van der Waals surface area contributed by atoms with Gasteiger partial charge in [-0.1, -0.05) is 19.1 Å². The highest BCUT2D eigenvalue weighted by molar-refractivity contribution is 5.16. The fourth-order valence-corrected chi connectivity index (χ4v) is 8.01. The zero-order valence-electron chi connectivity index (χ0n) is 16.7. The van der Waals surface area contributed by atoms with E-state index in [1.165, 1.54) is 25.7 Å². The van der Waals surface area contributed by atoms with Crippen LogP contribution < -0.4 is 0 Å². The number of hydrogen-bond donors (Lipinski definition) is 2. The summed E-state index contributed by atoms with van der Waals surface area (Å²) < 4.78 is 27.5. The van der Waals surface area contributed by atoms with Crippen molar-refractivity contribution in [3.05, 3.63) is 12.2 Å². The van der Waals surface area contributed by atoms with Crippen LogP contribution in [0.15, 0.2) is 12.2 Å². The van der Waals surface area contributed by atoms with E-state index < -0.39 is 12.5 Å². The topological polar surface area (TPSA) is 40.5 Å². The van der Waals surface area contributed by atoms with Crippen LogP contribution in [0.5, 0.6) is 0 Å². The van der Waals surface area contributed by atoms with Crippen LogP contribution in [0.25, 0.3) is 0 Å². The van der Waals surface area contributed by atoms with E-state index in [-0.39, 0.29) is 23.9 Å². The monoisotopic (exact) mass is 382 g/mol. The van der Waals surface area contributed by atoms with Crippen molar-refractivity contribution in [2.24, 2.45) is 40.9 Å². The van der Waals surface area contributed by atoms with Crippen molar-refractivity contribution in [3.8, 4) is 0 Å². The molecule has 2 N–H and O–H groups in total. The minimum Gasteiger partial charge on any atom is -0.393 e. The maximum absolute atomic E-state index is 13.8. The molecule has 0 radical (unpaired) electrons. The summed E-state index contributed by atoms with van der Waals surface area (Å²) in [6.07, 6.45) is 9.63. The molecule has 0 aromatic rings. The zero-order chi connectivity index (χ0) is 19.4. The fraction of sp³-hybridized carbons (Fsp3) is 0.913. The highest BCUT2D eigenvalue weighted by Gasteiger charge is 2.57. The average Bonchev–Trinajstić information content (AvgIpc) is 2.98. The third kappa shape index (κ3) is 3.39. The molecule has 0 saturated heterocycles. The molecule has 4 saturated carbocycles. The van der Waals surface area contributed by atoms with Crippen LogP contribution in [0.3, 0.4) is 0 Å². The maximum atomic E-state index is 13.8. The van der Waals surface area contributed by atoms with E-state index in [2.05, 4.69) is 13.5 Å². The lowest BCUT2D eigenvalue weighted by Gasteiger charge is -2.56. The molecule has 0 heterocycles. The first kappa shape index (κ1) is 19.8. The quantitative estimate of drug-likeness (QED) is 0.657. The molecule has 4 heteroatoms. The summed E-state index contributed by atoms with van der Waals surface area (Å²) in [6.45, 7) is 5.32. The van der Waals surface area contributed by atoms with Gasteiger partial charge in [0.2, 0.25) is 0 Å². The van der Waals surface area contributed by atoms with E-state index >= 15 is 0 Å². The standard InChI is InChI=1S/C23H36F2O2/c1-14(12-23(24,25)13-26)20-7-8-21-19-5-3-15-11-16(27)4-6-17(15)18(19)9-10-22(20,21)2/h15-21,26-27H,1,3-13H2,2H3/t15?,16-,17-,18?,19?,20+,21?,22+/m0/s1. The van der Waals surface area contributed by atoms with E-state index in [9.17, 15) is 13.9 Å². The third-order valence-electron chi connectivity index (χ3n) is 9.14. The van der Waals surface area contributed by atoms with Crippen molar-refractivity contribution >= 4 is 0 Å². The molecular weight excluding hydrogens is 346 g/mol. The number of aliphatic hydroxyl groups excluding tert-OH is 2. The van der Waals surface area contributed by atoms with Gasteiger partial charge in [0.1, 0.15) is 6.61 Å². The molecule has 27 heavy (non-hydrogen) atoms. The van der Waals surface area contributed by atoms with Crippen molar-refractivity contribution in [1.29, 1.82) is 0 Å². The molecule has 4 rings (SSSR count). The highest BCUT2D eigenvalue weighted by Crippen LogP contribution is 2.65. The molecule has 4 aliphatic rings. The van der Waals surface area contributed by atoms with Crippen molar-refractivity contribution in [1.82, 2.24) is 0 Å². The van der Waals surface area contributed by atoms with Crippen molar-refractivity contribution in [2.45, 2.75) is 83.2 Å². The molecular formula is C23H36F2O2. The van der Waals surface area contributed by atoms with E-state index in [0.29, 0.717) is 17.4 Å². The average molecular weight is 383 g/mol. The number of fused-ring (bicyclic) bond motifs is 5. The summed E-state index contributed by atoms with van der Waals surface area (Å²) in [4.78, 5) is 0. The Morgan fingerprint density at radius 1 is 1.04 bits per heavy atom. The number of hydrogen-bond acceptors (Lipinski definition) is 2. The van der Waals surface area contributed by atoms with Gasteiger partial charge in [-0.15, -0.1) is 0 Å². The number of alkyl halides is 2. The predicted octanol–water partition coefficient (Wildman–Crippen LogP) is 5.19. The van der Waals surface area contributed by atoms with Crippen LogP contribution in [-0.4, -0.2) is 28.8 Å². The first-order chi connectivity index (χ1) is 12.7. The second-order valence-electron chi connectivity index (χ2n) is 10.4. The van der Waals surface area contributed by atoms with E-state index in [4.69, 9.17) is 5.11 Å². The van der Waals surface area contributed by atoms with Crippen LogP contribution in [0.4, 0.5) is 8.78 Å². The second kappa shape index (κ2) is 7.09. The summed E-state index contributed by atoms with van der Waals surface area (Å²) in [5.41, 5.74) is 0.761. The first-order valence-corrected chi connectivity index (χ1v) is 11.1. The van der Waals surface area contributed by atoms with Gasteiger partial charge < -0.3 is 10.2 Å². The van der Waals surface area contributed by atoms with Gasteiger partial charge in [0.15, 0.2) is 0 Å². The van der Waals surface area contributed by atoms with Gasteiger partial charge in [-0.3, -0.25) is 0 Å². The van der Waals surface area contributed by atoms with Crippen LogP contribution >= 0.6 is 0 Å². The van der Waals surface area contributed by atoms with Gasteiger partial charge in [-0.05, 0) is 98.7 Å². The van der Waals surface area contributed by atoms with Crippen LogP contribution in [0, 0.1) is 40.9 Å². The summed E-state index contributed by atoms with van der Waals surface area (Å²) in [5.74, 6) is 0.758. The van der Waals surface area contributed by atoms with Gasteiger partial charge in [-0.2, -0.15) is 0 Å². The number of aliphatic hydroxyl groups is 2. The lowest BCUT2D eigenvalue weighted by molar-refractivity contribution is -0.0778. The van der Waals surface area contributed by atoms with Crippen molar-refractivity contribution in [3.63, 3.8) is 0 Å². The van der Waals surface area contributed by atoms with Gasteiger partial charge in [0, 0.05) is 6.42 Å². The Kier molecular flexibility index (Phi) is 5.20. The molecule has 0 aromatic carbocycles. The second-order valence-corrected chi connectivity index (χ2v) is 10.4. The zero-order valence-corrected chi connectivity index (χ0v) is 16.7. The summed E-state index contributed by atoms with van der Waals surface area (Å²) in [7, 11) is 0. The number of allylic oxidation sites excluding steroid dienone is 1. The van der Waals surface area contributed by atoms with Crippen molar-refractivity contribution in [2.75, 3.05) is 6.61 Å². The molecule has 154 valence electrons. The van der Waals surface area contributed by atoms with Gasteiger partial charge in [0.05, 0.1) is 6.10 Å². The SMILES string of the molecule is C=C(CC(F)(F)CO)[C@H]1CCC2C3CCC4C[C@@H](O)CC[C@@H]4C3CC[C@@]21C. The van der Waals surface area contributed by atoms with Gasteiger partial charge in [0.25, 0.3) is 5.92 Å². The molecule has 4 unspecified atom stereocenters. The molecule has 0 spiro atoms. The molecule has 0 aliphatic heterocycles. The summed E-state index contributed by atoms with van der Waals surface area (Å²) in [6, 6.07) is 0. The maximum Gasteiger partial charge on any atom is 0.274 e. The van der Waals surface area contributed by atoms with Crippen LogP contribution in [-0.2, 0) is 0 Å². The Balaban J connectivity index is 1.49. The molecule has 0 amide bonds.